The molecule has 4 rings (SSSR count). The van der Waals surface area contributed by atoms with E-state index in [1.54, 1.807) is 12.1 Å². The number of carbonyl (C=O) groups excluding carboxylic acids is 2. The van der Waals surface area contributed by atoms with Gasteiger partial charge < -0.3 is 10.6 Å². The van der Waals surface area contributed by atoms with Gasteiger partial charge in [0, 0.05) is 36.1 Å². The monoisotopic (exact) mass is 471 g/mol. The zero-order valence-electron chi connectivity index (χ0n) is 19.5. The normalized spacial score (nSPS) is 14.2. The summed E-state index contributed by atoms with van der Waals surface area (Å²) in [6.45, 7) is 6.54. The van der Waals surface area contributed by atoms with Gasteiger partial charge in [0.15, 0.2) is 0 Å². The molecule has 1 aliphatic rings. The minimum Gasteiger partial charge on any atom is -0.351 e. The number of thioether (sulfide) groups is 1. The number of rotatable bonds is 8. The van der Waals surface area contributed by atoms with Crippen molar-refractivity contribution in [1.29, 1.82) is 0 Å². The summed E-state index contributed by atoms with van der Waals surface area (Å²) in [7, 11) is 0. The number of fused-ring (bicyclic) bond motifs is 1. The van der Waals surface area contributed by atoms with Crippen molar-refractivity contribution < 1.29 is 9.59 Å². The van der Waals surface area contributed by atoms with Crippen LogP contribution in [0.3, 0.4) is 0 Å². The summed E-state index contributed by atoms with van der Waals surface area (Å²) in [6, 6.07) is 25.8. The largest absolute Gasteiger partial charge is 0.351 e. The molecule has 0 saturated heterocycles. The highest BCUT2D eigenvalue weighted by molar-refractivity contribution is 8.04. The van der Waals surface area contributed by atoms with Gasteiger partial charge in [0.25, 0.3) is 11.8 Å². The molecule has 0 aromatic heterocycles. The first-order valence-corrected chi connectivity index (χ1v) is 12.3. The van der Waals surface area contributed by atoms with Crippen LogP contribution in [0.15, 0.2) is 88.7 Å². The minimum atomic E-state index is -0.115. The smallest absolute Gasteiger partial charge is 0.262 e. The maximum Gasteiger partial charge on any atom is 0.262 e. The number of hydrogen-bond acceptors (Lipinski definition) is 4. The van der Waals surface area contributed by atoms with Gasteiger partial charge >= 0.3 is 0 Å². The maximum absolute atomic E-state index is 12.6. The van der Waals surface area contributed by atoms with Gasteiger partial charge in [-0.2, -0.15) is 0 Å². The molecule has 0 fully saturated rings. The highest BCUT2D eigenvalue weighted by Gasteiger charge is 2.20. The lowest BCUT2D eigenvalue weighted by atomic mass is 10.1. The number of carbonyl (C=O) groups is 2. The summed E-state index contributed by atoms with van der Waals surface area (Å²) in [5.74, 6) is -0.211. The van der Waals surface area contributed by atoms with E-state index in [1.165, 1.54) is 17.3 Å². The Morgan fingerprint density at radius 3 is 2.44 bits per heavy atom. The number of nitrogens with zero attached hydrogens (tertiary/aromatic N) is 1. The summed E-state index contributed by atoms with van der Waals surface area (Å²) >= 11 is 1.45. The van der Waals surface area contributed by atoms with Crippen LogP contribution in [0.1, 0.15) is 35.3 Å². The third-order valence-corrected chi connectivity index (χ3v) is 6.79. The number of nitrogens with one attached hydrogen (secondary N) is 2. The second kappa shape index (κ2) is 11.2. The Bertz CT molecular complexity index is 1170. The Morgan fingerprint density at radius 2 is 1.71 bits per heavy atom. The van der Waals surface area contributed by atoms with Gasteiger partial charge in [0.05, 0.1) is 10.6 Å². The topological polar surface area (TPSA) is 61.4 Å². The fourth-order valence-corrected chi connectivity index (χ4v) is 4.69. The van der Waals surface area contributed by atoms with Crippen LogP contribution in [0, 0.1) is 0 Å². The fourth-order valence-electron chi connectivity index (χ4n) is 3.74. The zero-order valence-corrected chi connectivity index (χ0v) is 20.3. The molecular weight excluding hydrogens is 442 g/mol. The molecule has 6 heteroatoms. The molecule has 1 heterocycles. The van der Waals surface area contributed by atoms with E-state index in [2.05, 4.69) is 41.5 Å². The van der Waals surface area contributed by atoms with Crippen LogP contribution in [0.25, 0.3) is 6.08 Å². The standard InChI is InChI=1S/C28H29N3O2S/c1-20(2)31(19-22-8-4-3-5-9-22)17-16-29-27(32)23-14-12-21(13-15-23)18-26-28(33)30-24-10-6-7-11-25(24)34-26/h3-15,18,20H,16-17,19H2,1-2H3,(H,29,32)(H,30,33). The highest BCUT2D eigenvalue weighted by Crippen LogP contribution is 2.38. The number of hydrogen-bond donors (Lipinski definition) is 2. The van der Waals surface area contributed by atoms with Crippen LogP contribution in [0.4, 0.5) is 5.69 Å². The molecule has 0 atom stereocenters. The lowest BCUT2D eigenvalue weighted by molar-refractivity contribution is -0.112. The molecule has 0 radical (unpaired) electrons. The van der Waals surface area contributed by atoms with Gasteiger partial charge in [-0.1, -0.05) is 66.4 Å². The van der Waals surface area contributed by atoms with Gasteiger partial charge in [-0.25, -0.2) is 0 Å². The Labute approximate surface area is 205 Å². The molecule has 174 valence electrons. The van der Waals surface area contributed by atoms with Gasteiger partial charge in [0.1, 0.15) is 0 Å². The molecule has 0 bridgehead atoms. The predicted octanol–water partition coefficient (Wildman–Crippen LogP) is 5.41. The van der Waals surface area contributed by atoms with Gasteiger partial charge in [0.2, 0.25) is 0 Å². The summed E-state index contributed by atoms with van der Waals surface area (Å²) in [4.78, 5) is 29.0. The second-order valence-corrected chi connectivity index (χ2v) is 9.57. The summed E-state index contributed by atoms with van der Waals surface area (Å²) in [6.07, 6.45) is 1.85. The van der Waals surface area contributed by atoms with E-state index in [4.69, 9.17) is 0 Å². The van der Waals surface area contributed by atoms with Crippen molar-refractivity contribution in [2.45, 2.75) is 31.3 Å². The molecule has 0 spiro atoms. The van der Waals surface area contributed by atoms with Crippen molar-refractivity contribution in [2.75, 3.05) is 18.4 Å². The number of para-hydroxylation sites is 1. The molecule has 5 nitrogen and oxygen atoms in total. The first-order valence-electron chi connectivity index (χ1n) is 11.5. The van der Waals surface area contributed by atoms with Crippen molar-refractivity contribution in [2.24, 2.45) is 0 Å². The van der Waals surface area contributed by atoms with E-state index in [9.17, 15) is 9.59 Å². The molecule has 2 amide bonds. The quantitative estimate of drug-likeness (QED) is 0.431. The fraction of sp³-hybridized carbons (Fsp3) is 0.214. The van der Waals surface area contributed by atoms with Crippen LogP contribution in [-0.4, -0.2) is 35.8 Å². The zero-order chi connectivity index (χ0) is 23.9. The average Bonchev–Trinajstić information content (AvgIpc) is 2.85. The van der Waals surface area contributed by atoms with E-state index >= 15 is 0 Å². The maximum atomic E-state index is 12.6. The molecule has 2 N–H and O–H groups in total. The van der Waals surface area contributed by atoms with E-state index in [0.717, 1.165) is 29.2 Å². The SMILES string of the molecule is CC(C)N(CCNC(=O)c1ccc(C=C2Sc3ccccc3NC2=O)cc1)Cc1ccccc1. The van der Waals surface area contributed by atoms with Gasteiger partial charge in [-0.15, -0.1) is 0 Å². The van der Waals surface area contributed by atoms with Gasteiger partial charge in [-0.3, -0.25) is 14.5 Å². The van der Waals surface area contributed by atoms with Crippen molar-refractivity contribution in [1.82, 2.24) is 10.2 Å². The second-order valence-electron chi connectivity index (χ2n) is 8.49. The molecule has 3 aromatic rings. The summed E-state index contributed by atoms with van der Waals surface area (Å²) < 4.78 is 0. The molecular formula is C28H29N3O2S. The lowest BCUT2D eigenvalue weighted by Crippen LogP contribution is -2.38. The third kappa shape index (κ3) is 6.16. The van der Waals surface area contributed by atoms with Crippen LogP contribution < -0.4 is 10.6 Å². The Balaban J connectivity index is 1.32. The highest BCUT2D eigenvalue weighted by atomic mass is 32.2. The molecule has 3 aromatic carbocycles. The van der Waals surface area contributed by atoms with E-state index in [-0.39, 0.29) is 11.8 Å². The van der Waals surface area contributed by atoms with Crippen LogP contribution in [0.2, 0.25) is 0 Å². The Hall–Kier alpha value is -3.35. The van der Waals surface area contributed by atoms with E-state index in [1.807, 2.05) is 60.7 Å². The summed E-state index contributed by atoms with van der Waals surface area (Å²) in [5, 5.41) is 5.94. The Morgan fingerprint density at radius 1 is 1.00 bits per heavy atom. The number of anilines is 1. The van der Waals surface area contributed by atoms with Crippen molar-refractivity contribution in [3.8, 4) is 0 Å². The summed E-state index contributed by atoms with van der Waals surface area (Å²) in [5.41, 5.74) is 3.58. The third-order valence-electron chi connectivity index (χ3n) is 5.69. The van der Waals surface area contributed by atoms with E-state index in [0.29, 0.717) is 23.1 Å². The van der Waals surface area contributed by atoms with E-state index < -0.39 is 0 Å². The Kier molecular flexibility index (Phi) is 7.83. The predicted molar refractivity (Wildman–Crippen MR) is 140 cm³/mol. The van der Waals surface area contributed by atoms with Crippen molar-refractivity contribution >= 4 is 35.3 Å². The van der Waals surface area contributed by atoms with Crippen molar-refractivity contribution in [3.63, 3.8) is 0 Å². The van der Waals surface area contributed by atoms with Gasteiger partial charge in [-0.05, 0) is 55.3 Å². The number of amides is 2. The molecule has 0 unspecified atom stereocenters. The van der Waals surface area contributed by atoms with Crippen LogP contribution in [-0.2, 0) is 11.3 Å². The van der Waals surface area contributed by atoms with Crippen LogP contribution >= 0.6 is 11.8 Å². The molecule has 0 saturated carbocycles. The first kappa shape index (κ1) is 23.8. The first-order chi connectivity index (χ1) is 16.5. The molecule has 1 aliphatic heterocycles. The van der Waals surface area contributed by atoms with Crippen LogP contribution in [0.5, 0.6) is 0 Å². The number of benzene rings is 3. The van der Waals surface area contributed by atoms with Crippen molar-refractivity contribution in [3.05, 3.63) is 100 Å². The average molecular weight is 472 g/mol. The minimum absolute atomic E-state index is 0.0960. The lowest BCUT2D eigenvalue weighted by Gasteiger charge is -2.26. The molecule has 0 aliphatic carbocycles. The molecule has 34 heavy (non-hydrogen) atoms.